The summed E-state index contributed by atoms with van der Waals surface area (Å²) in [6, 6.07) is 61.7. The Morgan fingerprint density at radius 2 is 0.964 bits per heavy atom. The van der Waals surface area contributed by atoms with Gasteiger partial charge < -0.3 is 9.64 Å². The molecule has 0 fully saturated rings. The molecule has 2 nitrogen and oxygen atoms in total. The van der Waals surface area contributed by atoms with Crippen molar-refractivity contribution in [2.45, 2.75) is 59.3 Å². The van der Waals surface area contributed by atoms with E-state index in [4.69, 9.17) is 4.74 Å². The van der Waals surface area contributed by atoms with Gasteiger partial charge in [0.1, 0.15) is 0 Å². The summed E-state index contributed by atoms with van der Waals surface area (Å²) >= 11 is 0. The number of anilines is 3. The molecule has 0 saturated carbocycles. The summed E-state index contributed by atoms with van der Waals surface area (Å²) in [6.45, 7) is 14.3. The molecular formula is C51H48BNOSi. The van der Waals surface area contributed by atoms with Crippen LogP contribution in [0.1, 0.15) is 76.0 Å². The van der Waals surface area contributed by atoms with Gasteiger partial charge in [0.2, 0.25) is 6.71 Å². The lowest BCUT2D eigenvalue weighted by Crippen LogP contribution is -2.86. The smallest absolute Gasteiger partial charge is 0.241 e. The van der Waals surface area contributed by atoms with Crippen molar-refractivity contribution >= 4 is 69.0 Å². The Balaban J connectivity index is 1.43. The van der Waals surface area contributed by atoms with Crippen molar-refractivity contribution in [3.63, 3.8) is 0 Å². The first-order valence-electron chi connectivity index (χ1n) is 20.0. The first-order chi connectivity index (χ1) is 26.8. The SMILES string of the molecule is CC(C)c1cc(C(C)C)c(B2c3ccccc3[Si](c3ccccc3)(c3ccccc3)c3cc(N4c5ccccc5Oc5ccccc54)ccc32)c(C(C)C)c1. The molecule has 0 bridgehead atoms. The van der Waals surface area contributed by atoms with Crippen molar-refractivity contribution in [1.82, 2.24) is 0 Å². The molecular weight excluding hydrogens is 681 g/mol. The van der Waals surface area contributed by atoms with Crippen LogP contribution in [0.2, 0.25) is 0 Å². The Morgan fingerprint density at radius 1 is 0.473 bits per heavy atom. The zero-order valence-corrected chi connectivity index (χ0v) is 33.8. The van der Waals surface area contributed by atoms with Crippen molar-refractivity contribution in [3.8, 4) is 11.5 Å². The number of rotatable bonds is 7. The van der Waals surface area contributed by atoms with Gasteiger partial charge in [0, 0.05) is 5.69 Å². The molecule has 0 atom stereocenters. The second-order valence-electron chi connectivity index (χ2n) is 16.2. The average Bonchev–Trinajstić information content (AvgIpc) is 3.22. The Bertz CT molecular complexity index is 2410. The fraction of sp³-hybridized carbons (Fsp3) is 0.176. The summed E-state index contributed by atoms with van der Waals surface area (Å²) in [5.74, 6) is 2.92. The van der Waals surface area contributed by atoms with Gasteiger partial charge in [0.05, 0.1) is 11.4 Å². The van der Waals surface area contributed by atoms with E-state index in [0.29, 0.717) is 17.8 Å². The monoisotopic (exact) mass is 729 g/mol. The predicted octanol–water partition coefficient (Wildman–Crippen LogP) is 8.84. The van der Waals surface area contributed by atoms with Gasteiger partial charge in [-0.25, -0.2) is 0 Å². The summed E-state index contributed by atoms with van der Waals surface area (Å²) in [4.78, 5) is 2.41. The van der Waals surface area contributed by atoms with Gasteiger partial charge in [0.25, 0.3) is 0 Å². The Hall–Kier alpha value is -5.58. The third-order valence-corrected chi connectivity index (χ3v) is 16.9. The van der Waals surface area contributed by atoms with E-state index < -0.39 is 8.07 Å². The minimum absolute atomic E-state index is 0.0774. The Morgan fingerprint density at radius 3 is 1.51 bits per heavy atom. The largest absolute Gasteiger partial charge is 0.453 e. The fourth-order valence-corrected chi connectivity index (χ4v) is 14.8. The van der Waals surface area contributed by atoms with Gasteiger partial charge in [-0.3, -0.25) is 0 Å². The molecule has 2 heterocycles. The van der Waals surface area contributed by atoms with Crippen molar-refractivity contribution in [2.75, 3.05) is 4.90 Å². The number of para-hydroxylation sites is 4. The molecule has 7 aromatic rings. The third kappa shape index (κ3) is 5.61. The first kappa shape index (κ1) is 35.1. The van der Waals surface area contributed by atoms with E-state index in [1.807, 2.05) is 0 Å². The highest BCUT2D eigenvalue weighted by atomic mass is 28.3. The number of fused-ring (bicyclic) bond motifs is 4. The maximum absolute atomic E-state index is 6.51. The van der Waals surface area contributed by atoms with Crippen LogP contribution >= 0.6 is 0 Å². The third-order valence-electron chi connectivity index (χ3n) is 12.0. The topological polar surface area (TPSA) is 12.5 Å². The van der Waals surface area contributed by atoms with Crippen molar-refractivity contribution < 1.29 is 4.74 Å². The summed E-state index contributed by atoms with van der Waals surface area (Å²) in [7, 11) is -2.90. The first-order valence-corrected chi connectivity index (χ1v) is 22.0. The van der Waals surface area contributed by atoms with E-state index in [1.165, 1.54) is 53.8 Å². The lowest BCUT2D eigenvalue weighted by molar-refractivity contribution is 0.477. The van der Waals surface area contributed by atoms with Gasteiger partial charge in [-0.1, -0.05) is 185 Å². The zero-order chi connectivity index (χ0) is 37.8. The standard InChI is InChI=1S/C51H48BNOSi/c1-34(2)37-31-41(35(3)4)51(42(32-37)36(5)6)52-43-23-13-18-28-49(43)55(39-19-9-7-10-20-39,40-21-11-8-12-22-40)50-33-38(29-30-44(50)52)53-45-24-14-16-26-47(45)54-48-27-17-15-25-46(48)53/h7-36H,1-6H3. The molecule has 0 unspecified atom stereocenters. The fourth-order valence-electron chi connectivity index (χ4n) is 9.47. The van der Waals surface area contributed by atoms with Crippen LogP contribution in [0, 0.1) is 0 Å². The van der Waals surface area contributed by atoms with Crippen LogP contribution in [-0.4, -0.2) is 14.8 Å². The van der Waals surface area contributed by atoms with Crippen LogP contribution in [0.15, 0.2) is 164 Å². The quantitative estimate of drug-likeness (QED) is 0.152. The molecule has 55 heavy (non-hydrogen) atoms. The molecule has 9 rings (SSSR count). The van der Waals surface area contributed by atoms with Crippen LogP contribution in [0.25, 0.3) is 0 Å². The Labute approximate surface area is 328 Å². The van der Waals surface area contributed by atoms with E-state index in [2.05, 4.69) is 210 Å². The number of ether oxygens (including phenoxy) is 1. The Kier molecular flexibility index (Phi) is 8.90. The van der Waals surface area contributed by atoms with Crippen LogP contribution in [-0.2, 0) is 0 Å². The molecule has 0 N–H and O–H groups in total. The number of hydrogen-bond donors (Lipinski definition) is 0. The van der Waals surface area contributed by atoms with Gasteiger partial charge in [-0.05, 0) is 91.6 Å². The molecule has 2 aliphatic rings. The van der Waals surface area contributed by atoms with Crippen molar-refractivity contribution in [2.24, 2.45) is 0 Å². The molecule has 0 radical (unpaired) electrons. The van der Waals surface area contributed by atoms with Gasteiger partial charge in [-0.2, -0.15) is 0 Å². The zero-order valence-electron chi connectivity index (χ0n) is 32.8. The molecule has 0 amide bonds. The maximum Gasteiger partial charge on any atom is 0.241 e. The van der Waals surface area contributed by atoms with Crippen LogP contribution in [0.5, 0.6) is 11.5 Å². The lowest BCUT2D eigenvalue weighted by atomic mass is 9.34. The summed E-state index contributed by atoms with van der Waals surface area (Å²) < 4.78 is 6.51. The van der Waals surface area contributed by atoms with Gasteiger partial charge >= 0.3 is 0 Å². The minimum Gasteiger partial charge on any atom is -0.453 e. The second-order valence-corrected chi connectivity index (χ2v) is 20.0. The van der Waals surface area contributed by atoms with Crippen LogP contribution < -0.4 is 46.8 Å². The minimum atomic E-state index is -2.90. The van der Waals surface area contributed by atoms with Gasteiger partial charge in [-0.15, -0.1) is 0 Å². The lowest BCUT2D eigenvalue weighted by Gasteiger charge is -2.44. The molecule has 270 valence electrons. The second kappa shape index (κ2) is 13.9. The summed E-state index contributed by atoms with van der Waals surface area (Å²) in [5, 5.41) is 5.72. The molecule has 7 aromatic carbocycles. The molecule has 0 spiro atoms. The highest BCUT2D eigenvalue weighted by Gasteiger charge is 2.51. The number of nitrogens with zero attached hydrogens (tertiary/aromatic N) is 1. The normalized spacial score (nSPS) is 14.0. The molecule has 2 aliphatic heterocycles. The molecule has 0 aliphatic carbocycles. The molecule has 0 aromatic heterocycles. The average molecular weight is 730 g/mol. The maximum atomic E-state index is 6.51. The predicted molar refractivity (Wildman–Crippen MR) is 238 cm³/mol. The van der Waals surface area contributed by atoms with Crippen LogP contribution in [0.3, 0.4) is 0 Å². The highest BCUT2D eigenvalue weighted by molar-refractivity contribution is 7.26. The highest BCUT2D eigenvalue weighted by Crippen LogP contribution is 2.50. The van der Waals surface area contributed by atoms with E-state index in [-0.39, 0.29) is 6.71 Å². The van der Waals surface area contributed by atoms with Crippen LogP contribution in [0.4, 0.5) is 17.1 Å². The van der Waals surface area contributed by atoms with E-state index in [0.717, 1.165) is 28.6 Å². The van der Waals surface area contributed by atoms with E-state index >= 15 is 0 Å². The van der Waals surface area contributed by atoms with E-state index in [9.17, 15) is 0 Å². The molecule has 4 heteroatoms. The number of hydrogen-bond acceptors (Lipinski definition) is 2. The number of benzene rings is 7. The summed E-state index contributed by atoms with van der Waals surface area (Å²) in [5.41, 5.74) is 11.9. The van der Waals surface area contributed by atoms with E-state index in [1.54, 1.807) is 0 Å². The van der Waals surface area contributed by atoms with Crippen molar-refractivity contribution in [3.05, 3.63) is 180 Å². The van der Waals surface area contributed by atoms with Crippen molar-refractivity contribution in [1.29, 1.82) is 0 Å². The van der Waals surface area contributed by atoms with Gasteiger partial charge in [0.15, 0.2) is 19.6 Å². The summed E-state index contributed by atoms with van der Waals surface area (Å²) in [6.07, 6.45) is 0. The molecule has 0 saturated heterocycles.